The van der Waals surface area contributed by atoms with Gasteiger partial charge in [-0.05, 0) is 43.4 Å². The van der Waals surface area contributed by atoms with Gasteiger partial charge in [-0.3, -0.25) is 9.59 Å². The molecule has 136 valence electrons. The van der Waals surface area contributed by atoms with E-state index in [1.807, 2.05) is 47.1 Å². The number of aryl methyl sites for hydroxylation is 1. The first-order valence-corrected chi connectivity index (χ1v) is 10.1. The van der Waals surface area contributed by atoms with Gasteiger partial charge in [0, 0.05) is 30.9 Å². The highest BCUT2D eigenvalue weighted by Crippen LogP contribution is 2.33. The summed E-state index contributed by atoms with van der Waals surface area (Å²) in [6.07, 6.45) is 2.57. The Morgan fingerprint density at radius 3 is 2.69 bits per heavy atom. The lowest BCUT2D eigenvalue weighted by atomic mass is 9.98. The van der Waals surface area contributed by atoms with Crippen molar-refractivity contribution in [1.29, 1.82) is 0 Å². The third kappa shape index (κ3) is 3.40. The maximum atomic E-state index is 12.9. The van der Waals surface area contributed by atoms with Crippen LogP contribution >= 0.6 is 11.3 Å². The summed E-state index contributed by atoms with van der Waals surface area (Å²) in [5.41, 5.74) is 1.15. The Hall–Kier alpha value is -2.14. The zero-order chi connectivity index (χ0) is 18.1. The van der Waals surface area contributed by atoms with Gasteiger partial charge in [-0.15, -0.1) is 11.3 Å². The maximum Gasteiger partial charge on any atom is 0.264 e. The van der Waals surface area contributed by atoms with Crippen molar-refractivity contribution in [2.75, 3.05) is 13.1 Å². The molecule has 3 heterocycles. The number of benzene rings is 1. The first-order valence-electron chi connectivity index (χ1n) is 9.31. The molecule has 0 N–H and O–H groups in total. The van der Waals surface area contributed by atoms with Gasteiger partial charge in [-0.1, -0.05) is 30.3 Å². The monoisotopic (exact) mass is 368 g/mol. The van der Waals surface area contributed by atoms with E-state index >= 15 is 0 Å². The number of carbonyl (C=O) groups excluding carboxylic acids is 2. The van der Waals surface area contributed by atoms with E-state index in [4.69, 9.17) is 0 Å². The van der Waals surface area contributed by atoms with Gasteiger partial charge in [0.25, 0.3) is 5.91 Å². The number of nitrogens with zero attached hydrogens (tertiary/aromatic N) is 2. The molecule has 2 aromatic rings. The van der Waals surface area contributed by atoms with Gasteiger partial charge in [0.05, 0.1) is 10.9 Å². The van der Waals surface area contributed by atoms with Crippen molar-refractivity contribution in [1.82, 2.24) is 9.80 Å². The predicted octanol–water partition coefficient (Wildman–Crippen LogP) is 3.71. The highest BCUT2D eigenvalue weighted by atomic mass is 32.1. The Bertz CT molecular complexity index is 801. The standard InChI is InChI=1S/C21H24N2O2S/c1-15-10-11-19(26-15)21(25)22-13-17-8-5-9-20(24)23(18(17)14-22)12-16-6-3-2-4-7-16/h2-4,6-7,10-11,17-18H,5,8-9,12-14H2,1H3/t17-,18+/m1/s1. The van der Waals surface area contributed by atoms with Crippen LogP contribution in [0.25, 0.3) is 0 Å². The van der Waals surface area contributed by atoms with Crippen molar-refractivity contribution in [2.45, 2.75) is 38.8 Å². The number of hydrogen-bond donors (Lipinski definition) is 0. The van der Waals surface area contributed by atoms with Gasteiger partial charge < -0.3 is 9.80 Å². The number of rotatable bonds is 3. The molecule has 1 aromatic carbocycles. The van der Waals surface area contributed by atoms with Gasteiger partial charge in [-0.2, -0.15) is 0 Å². The normalized spacial score (nSPS) is 23.0. The highest BCUT2D eigenvalue weighted by molar-refractivity contribution is 7.13. The Kier molecular flexibility index (Phi) is 4.81. The largest absolute Gasteiger partial charge is 0.336 e. The second-order valence-electron chi connectivity index (χ2n) is 7.35. The lowest BCUT2D eigenvalue weighted by Crippen LogP contribution is -2.43. The molecule has 0 spiro atoms. The molecule has 0 bridgehead atoms. The zero-order valence-corrected chi connectivity index (χ0v) is 15.9. The van der Waals surface area contributed by atoms with Gasteiger partial charge in [0.15, 0.2) is 0 Å². The fourth-order valence-electron chi connectivity index (χ4n) is 4.19. The van der Waals surface area contributed by atoms with Crippen molar-refractivity contribution in [3.63, 3.8) is 0 Å². The van der Waals surface area contributed by atoms with Crippen molar-refractivity contribution in [3.05, 3.63) is 57.8 Å². The average Bonchev–Trinajstić information content (AvgIpc) is 3.23. The number of carbonyl (C=O) groups is 2. The van der Waals surface area contributed by atoms with Crippen LogP contribution in [0.5, 0.6) is 0 Å². The van der Waals surface area contributed by atoms with Crippen LogP contribution in [0.3, 0.4) is 0 Å². The molecular formula is C21H24N2O2S. The Labute approximate surface area is 158 Å². The van der Waals surface area contributed by atoms with Gasteiger partial charge in [0.1, 0.15) is 0 Å². The van der Waals surface area contributed by atoms with Crippen LogP contribution in [0.4, 0.5) is 0 Å². The van der Waals surface area contributed by atoms with Crippen molar-refractivity contribution >= 4 is 23.2 Å². The predicted molar refractivity (Wildman–Crippen MR) is 103 cm³/mol. The topological polar surface area (TPSA) is 40.6 Å². The highest BCUT2D eigenvalue weighted by Gasteiger charge is 2.42. The minimum Gasteiger partial charge on any atom is -0.336 e. The van der Waals surface area contributed by atoms with E-state index in [1.54, 1.807) is 11.3 Å². The summed E-state index contributed by atoms with van der Waals surface area (Å²) in [5.74, 6) is 0.723. The first kappa shape index (κ1) is 17.3. The molecule has 2 fully saturated rings. The Balaban J connectivity index is 1.54. The van der Waals surface area contributed by atoms with E-state index < -0.39 is 0 Å². The zero-order valence-electron chi connectivity index (χ0n) is 15.1. The Morgan fingerprint density at radius 1 is 1.15 bits per heavy atom. The third-order valence-electron chi connectivity index (χ3n) is 5.53. The molecule has 0 unspecified atom stereocenters. The third-order valence-corrected chi connectivity index (χ3v) is 6.52. The van der Waals surface area contributed by atoms with E-state index in [2.05, 4.69) is 12.1 Å². The molecule has 2 aliphatic rings. The minimum atomic E-state index is 0.114. The first-order chi connectivity index (χ1) is 12.6. The second kappa shape index (κ2) is 7.23. The molecule has 2 atom stereocenters. The van der Waals surface area contributed by atoms with E-state index in [0.717, 1.165) is 34.7 Å². The Morgan fingerprint density at radius 2 is 1.96 bits per heavy atom. The average molecular weight is 369 g/mol. The smallest absolute Gasteiger partial charge is 0.264 e. The minimum absolute atomic E-state index is 0.114. The summed E-state index contributed by atoms with van der Waals surface area (Å²) in [4.78, 5) is 31.5. The molecule has 2 amide bonds. The summed E-state index contributed by atoms with van der Waals surface area (Å²) in [6, 6.07) is 14.2. The fourth-order valence-corrected chi connectivity index (χ4v) is 5.03. The van der Waals surface area contributed by atoms with Crippen molar-refractivity contribution in [3.8, 4) is 0 Å². The molecule has 0 aliphatic carbocycles. The van der Waals surface area contributed by atoms with Crippen LogP contribution in [-0.2, 0) is 11.3 Å². The number of fused-ring (bicyclic) bond motifs is 1. The molecule has 4 rings (SSSR count). The molecule has 0 saturated carbocycles. The van der Waals surface area contributed by atoms with Crippen LogP contribution in [0.1, 0.15) is 39.4 Å². The van der Waals surface area contributed by atoms with Gasteiger partial charge >= 0.3 is 0 Å². The second-order valence-corrected chi connectivity index (χ2v) is 8.64. The van der Waals surface area contributed by atoms with Gasteiger partial charge in [0.2, 0.25) is 5.91 Å². The summed E-state index contributed by atoms with van der Waals surface area (Å²) in [6.45, 7) is 4.08. The summed E-state index contributed by atoms with van der Waals surface area (Å²) in [5, 5.41) is 0. The van der Waals surface area contributed by atoms with E-state index in [-0.39, 0.29) is 17.9 Å². The molecule has 2 aliphatic heterocycles. The summed E-state index contributed by atoms with van der Waals surface area (Å²) in [7, 11) is 0. The number of thiophene rings is 1. The van der Waals surface area contributed by atoms with Crippen LogP contribution in [-0.4, -0.2) is 40.7 Å². The van der Waals surface area contributed by atoms with E-state index in [1.165, 1.54) is 0 Å². The lowest BCUT2D eigenvalue weighted by molar-refractivity contribution is -0.133. The summed E-state index contributed by atoms with van der Waals surface area (Å²) >= 11 is 1.55. The quantitative estimate of drug-likeness (QED) is 0.829. The molecule has 1 aromatic heterocycles. The maximum absolute atomic E-state index is 12.9. The fraction of sp³-hybridized carbons (Fsp3) is 0.429. The van der Waals surface area contributed by atoms with Crippen molar-refractivity contribution < 1.29 is 9.59 Å². The summed E-state index contributed by atoms with van der Waals surface area (Å²) < 4.78 is 0. The molecular weight excluding hydrogens is 344 g/mol. The van der Waals surface area contributed by atoms with Crippen LogP contribution in [0.2, 0.25) is 0 Å². The molecule has 2 saturated heterocycles. The number of hydrogen-bond acceptors (Lipinski definition) is 3. The number of likely N-dealkylation sites (tertiary alicyclic amines) is 2. The van der Waals surface area contributed by atoms with E-state index in [0.29, 0.717) is 25.4 Å². The van der Waals surface area contributed by atoms with Crippen LogP contribution < -0.4 is 0 Å². The molecule has 0 radical (unpaired) electrons. The number of amides is 2. The molecule has 5 heteroatoms. The van der Waals surface area contributed by atoms with Crippen LogP contribution in [0, 0.1) is 12.8 Å². The lowest BCUT2D eigenvalue weighted by Gasteiger charge is -2.30. The SMILES string of the molecule is Cc1ccc(C(=O)N2C[C@H]3CCCC(=O)N(Cc4ccccc4)[C@H]3C2)s1. The van der Waals surface area contributed by atoms with Crippen molar-refractivity contribution in [2.24, 2.45) is 5.92 Å². The molecule has 4 nitrogen and oxygen atoms in total. The van der Waals surface area contributed by atoms with E-state index in [9.17, 15) is 9.59 Å². The van der Waals surface area contributed by atoms with Crippen LogP contribution in [0.15, 0.2) is 42.5 Å². The van der Waals surface area contributed by atoms with Gasteiger partial charge in [-0.25, -0.2) is 0 Å². The molecule has 26 heavy (non-hydrogen) atoms.